The van der Waals surface area contributed by atoms with Crippen LogP contribution < -0.4 is 5.32 Å². The van der Waals surface area contributed by atoms with Crippen molar-refractivity contribution in [3.63, 3.8) is 0 Å². The Morgan fingerprint density at radius 3 is 2.64 bits per heavy atom. The van der Waals surface area contributed by atoms with E-state index in [1.807, 2.05) is 0 Å². The van der Waals surface area contributed by atoms with Gasteiger partial charge in [-0.15, -0.1) is 0 Å². The van der Waals surface area contributed by atoms with Crippen molar-refractivity contribution >= 4 is 35.1 Å². The maximum Gasteiger partial charge on any atom is 0.312 e. The summed E-state index contributed by atoms with van der Waals surface area (Å²) in [4.78, 5) is 23.7. The Morgan fingerprint density at radius 1 is 1.36 bits per heavy atom. The van der Waals surface area contributed by atoms with Gasteiger partial charge in [0.2, 0.25) is 0 Å². The molecule has 2 heterocycles. The maximum atomic E-state index is 12.4. The molecule has 0 spiro atoms. The van der Waals surface area contributed by atoms with E-state index >= 15 is 0 Å². The summed E-state index contributed by atoms with van der Waals surface area (Å²) in [5.74, 6) is -1.20. The van der Waals surface area contributed by atoms with Crippen LogP contribution in [0.5, 0.6) is 0 Å². The van der Waals surface area contributed by atoms with E-state index in [-0.39, 0.29) is 31.4 Å². The fraction of sp³-hybridized carbons (Fsp3) is 0.467. The summed E-state index contributed by atoms with van der Waals surface area (Å²) in [7, 11) is 0. The lowest BCUT2D eigenvalue weighted by atomic mass is 9.62. The lowest BCUT2D eigenvalue weighted by Crippen LogP contribution is -2.57. The van der Waals surface area contributed by atoms with Gasteiger partial charge in [-0.1, -0.05) is 35.3 Å². The van der Waals surface area contributed by atoms with Gasteiger partial charge in [0.1, 0.15) is 5.60 Å². The van der Waals surface area contributed by atoms with Gasteiger partial charge in [-0.25, -0.2) is 0 Å². The fourth-order valence-electron chi connectivity index (χ4n) is 3.22. The molecule has 7 heteroatoms. The molecule has 3 fully saturated rings. The van der Waals surface area contributed by atoms with Crippen LogP contribution >= 0.6 is 23.2 Å². The molecule has 1 saturated carbocycles. The van der Waals surface area contributed by atoms with E-state index in [2.05, 4.69) is 5.32 Å². The molecule has 118 valence electrons. The maximum absolute atomic E-state index is 12.4. The molecule has 4 rings (SSSR count). The first-order valence-electron chi connectivity index (χ1n) is 6.92. The number of carboxylic acid groups (broad SMARTS) is 1. The topological polar surface area (TPSA) is 75.6 Å². The highest BCUT2D eigenvalue weighted by atomic mass is 35.5. The molecular formula is C15H15Cl2NO4. The molecule has 1 atom stereocenters. The van der Waals surface area contributed by atoms with Crippen LogP contribution in [0.1, 0.15) is 31.4 Å². The average molecular weight is 344 g/mol. The molecule has 2 saturated heterocycles. The number of fused-ring (bicyclic) bond motifs is 1. The molecule has 1 aromatic rings. The summed E-state index contributed by atoms with van der Waals surface area (Å²) >= 11 is 12.1. The Balaban J connectivity index is 1.71. The lowest BCUT2D eigenvalue weighted by molar-refractivity contribution is -0.158. The molecule has 1 aromatic carbocycles. The monoisotopic (exact) mass is 343 g/mol. The highest BCUT2D eigenvalue weighted by Crippen LogP contribution is 2.58. The molecule has 2 aliphatic heterocycles. The van der Waals surface area contributed by atoms with Crippen molar-refractivity contribution in [3.05, 3.63) is 33.8 Å². The fourth-order valence-corrected chi connectivity index (χ4v) is 3.69. The van der Waals surface area contributed by atoms with E-state index in [1.165, 1.54) is 0 Å². The van der Waals surface area contributed by atoms with E-state index in [4.69, 9.17) is 27.9 Å². The zero-order valence-corrected chi connectivity index (χ0v) is 13.4. The molecule has 1 aliphatic carbocycles. The highest BCUT2D eigenvalue weighted by molar-refractivity contribution is 6.42. The van der Waals surface area contributed by atoms with Crippen molar-refractivity contribution in [1.82, 2.24) is 5.32 Å². The predicted molar refractivity (Wildman–Crippen MR) is 81.0 cm³/mol. The molecular weight excluding hydrogens is 329 g/mol. The van der Waals surface area contributed by atoms with Crippen LogP contribution in [0.15, 0.2) is 18.2 Å². The van der Waals surface area contributed by atoms with Gasteiger partial charge >= 0.3 is 5.97 Å². The Morgan fingerprint density at radius 2 is 2.05 bits per heavy atom. The number of nitrogens with one attached hydrogen (secondary N) is 1. The van der Waals surface area contributed by atoms with Gasteiger partial charge in [-0.05, 0) is 18.6 Å². The first-order valence-corrected chi connectivity index (χ1v) is 7.68. The van der Waals surface area contributed by atoms with Crippen LogP contribution in [0.3, 0.4) is 0 Å². The Hall–Kier alpha value is -1.30. The molecule has 5 nitrogen and oxygen atoms in total. The van der Waals surface area contributed by atoms with Crippen molar-refractivity contribution in [2.75, 3.05) is 6.61 Å². The normalized spacial score (nSPS) is 30.5. The van der Waals surface area contributed by atoms with Crippen LogP contribution in [-0.2, 0) is 14.3 Å². The first kappa shape index (κ1) is 15.6. The zero-order chi connectivity index (χ0) is 16.1. The van der Waals surface area contributed by atoms with Crippen LogP contribution in [0.4, 0.5) is 0 Å². The molecule has 0 aromatic heterocycles. The Labute approximate surface area is 137 Å². The van der Waals surface area contributed by atoms with Gasteiger partial charge in [-0.2, -0.15) is 0 Å². The highest BCUT2D eigenvalue weighted by Gasteiger charge is 2.70. The number of carbonyl (C=O) groups is 2. The Kier molecular flexibility index (Phi) is 3.62. The number of halogens is 2. The lowest BCUT2D eigenvalue weighted by Gasteiger charge is -2.40. The number of carbonyl (C=O) groups excluding carboxylic acids is 1. The second kappa shape index (κ2) is 5.11. The van der Waals surface area contributed by atoms with Gasteiger partial charge in [0.25, 0.3) is 5.91 Å². The van der Waals surface area contributed by atoms with E-state index in [0.29, 0.717) is 15.6 Å². The molecule has 1 unspecified atom stereocenters. The van der Waals surface area contributed by atoms with Crippen molar-refractivity contribution in [2.45, 2.75) is 31.4 Å². The smallest absolute Gasteiger partial charge is 0.312 e. The van der Waals surface area contributed by atoms with Gasteiger partial charge in [0.15, 0.2) is 0 Å². The van der Waals surface area contributed by atoms with Crippen molar-refractivity contribution in [1.29, 1.82) is 0 Å². The Bertz CT molecular complexity index is 655. The number of amides is 1. The van der Waals surface area contributed by atoms with E-state index in [0.717, 1.165) is 0 Å². The van der Waals surface area contributed by atoms with Crippen LogP contribution in [0.2, 0.25) is 10.0 Å². The van der Waals surface area contributed by atoms with Gasteiger partial charge in [-0.3, -0.25) is 9.59 Å². The second-order valence-electron chi connectivity index (χ2n) is 6.06. The number of hydrogen-bond acceptors (Lipinski definition) is 3. The third-order valence-corrected chi connectivity index (χ3v) is 5.37. The van der Waals surface area contributed by atoms with E-state index in [9.17, 15) is 14.7 Å². The minimum atomic E-state index is -1.02. The van der Waals surface area contributed by atoms with Gasteiger partial charge in [0.05, 0.1) is 28.1 Å². The standard InChI is InChI=1S/C15H15Cl2NO4/c1-8(9-3-2-4-10(16)11(9)17)18-12(19)15-5-14(6-15,7-22-15)13(20)21/h2-4,8H,5-7H2,1H3,(H,18,19)(H,20,21). The molecule has 1 amide bonds. The average Bonchev–Trinajstić information content (AvgIpc) is 2.99. The van der Waals surface area contributed by atoms with Crippen LogP contribution in [0, 0.1) is 5.41 Å². The number of carboxylic acids is 1. The second-order valence-corrected chi connectivity index (χ2v) is 6.85. The number of benzene rings is 1. The summed E-state index contributed by atoms with van der Waals surface area (Å²) in [6.45, 7) is 1.88. The number of hydrogen-bond donors (Lipinski definition) is 2. The van der Waals surface area contributed by atoms with Crippen LogP contribution in [0.25, 0.3) is 0 Å². The summed E-state index contributed by atoms with van der Waals surface area (Å²) < 4.78 is 5.48. The quantitative estimate of drug-likeness (QED) is 0.881. The third-order valence-electron chi connectivity index (χ3n) is 4.54. The first-order chi connectivity index (χ1) is 10.3. The minimum absolute atomic E-state index is 0.0854. The number of aliphatic carboxylic acids is 1. The molecule has 3 aliphatic rings. The molecule has 22 heavy (non-hydrogen) atoms. The van der Waals surface area contributed by atoms with Crippen LogP contribution in [-0.4, -0.2) is 29.2 Å². The third kappa shape index (κ3) is 2.19. The number of ether oxygens (including phenoxy) is 1. The predicted octanol–water partition coefficient (Wildman–Crippen LogP) is 2.80. The summed E-state index contributed by atoms with van der Waals surface area (Å²) in [6, 6.07) is 4.87. The van der Waals surface area contributed by atoms with Crippen molar-refractivity contribution in [2.24, 2.45) is 5.41 Å². The van der Waals surface area contributed by atoms with E-state index < -0.39 is 17.0 Å². The summed E-state index contributed by atoms with van der Waals surface area (Å²) in [5, 5.41) is 12.8. The molecule has 2 bridgehead atoms. The van der Waals surface area contributed by atoms with Gasteiger partial charge < -0.3 is 15.2 Å². The van der Waals surface area contributed by atoms with Gasteiger partial charge in [0, 0.05) is 12.8 Å². The summed E-state index contributed by atoms with van der Waals surface area (Å²) in [5.41, 5.74) is -1.20. The molecule has 2 N–H and O–H groups in total. The SMILES string of the molecule is CC(NC(=O)C12CC(C(=O)O)(CO1)C2)c1cccc(Cl)c1Cl. The summed E-state index contributed by atoms with van der Waals surface area (Å²) in [6.07, 6.45) is 0.439. The number of rotatable bonds is 4. The van der Waals surface area contributed by atoms with Crippen molar-refractivity contribution < 1.29 is 19.4 Å². The largest absolute Gasteiger partial charge is 0.481 e. The van der Waals surface area contributed by atoms with E-state index in [1.54, 1.807) is 25.1 Å². The minimum Gasteiger partial charge on any atom is -0.481 e. The molecule has 0 radical (unpaired) electrons. The van der Waals surface area contributed by atoms with Crippen molar-refractivity contribution in [3.8, 4) is 0 Å². The zero-order valence-electron chi connectivity index (χ0n) is 11.9.